The highest BCUT2D eigenvalue weighted by Gasteiger charge is 2.37. The third kappa shape index (κ3) is 2.32. The minimum atomic E-state index is 0.201. The van der Waals surface area contributed by atoms with Gasteiger partial charge in [-0.2, -0.15) is 0 Å². The van der Waals surface area contributed by atoms with Gasteiger partial charge in [-0.3, -0.25) is 0 Å². The van der Waals surface area contributed by atoms with Gasteiger partial charge in [-0.05, 0) is 43.2 Å². The Bertz CT molecular complexity index is 413. The first-order chi connectivity index (χ1) is 8.84. The molecule has 0 amide bonds. The molecule has 1 aromatic rings. The number of hydrogen-bond acceptors (Lipinski definition) is 2. The van der Waals surface area contributed by atoms with Crippen LogP contribution in [-0.4, -0.2) is 26.3 Å². The molecule has 0 radical (unpaired) electrons. The van der Waals surface area contributed by atoms with Crippen molar-refractivity contribution in [2.45, 2.75) is 43.6 Å². The molecule has 0 aromatic heterocycles. The van der Waals surface area contributed by atoms with E-state index < -0.39 is 0 Å². The van der Waals surface area contributed by atoms with E-state index in [1.165, 1.54) is 43.2 Å². The fourth-order valence-electron chi connectivity index (χ4n) is 3.30. The Kier molecular flexibility index (Phi) is 3.40. The second kappa shape index (κ2) is 5.02. The van der Waals surface area contributed by atoms with Crippen LogP contribution in [-0.2, 0) is 16.6 Å². The zero-order valence-corrected chi connectivity index (χ0v) is 11.2. The first-order valence-electron chi connectivity index (χ1n) is 7.15. The number of ether oxygens (including phenoxy) is 1. The van der Waals surface area contributed by atoms with Gasteiger partial charge in [-0.25, -0.2) is 0 Å². The third-order valence-corrected chi connectivity index (χ3v) is 4.42. The number of benzene rings is 1. The molecule has 0 aliphatic heterocycles. The number of aryl methyl sites for hydroxylation is 1. The smallest absolute Gasteiger partial charge is 0.0571 e. The summed E-state index contributed by atoms with van der Waals surface area (Å²) in [5, 5.41) is 3.71. The Morgan fingerprint density at radius 1 is 1.33 bits per heavy atom. The summed E-state index contributed by atoms with van der Waals surface area (Å²) in [5.41, 5.74) is 3.25. The standard InChI is InChI=1S/C16H23NO/c1-18-12-16(11-17-14-8-9-14)10-4-6-13-5-2-3-7-15(13)16/h2-3,5,7,14,17H,4,6,8-12H2,1H3. The molecule has 1 aromatic carbocycles. The molecule has 2 aliphatic carbocycles. The highest BCUT2D eigenvalue weighted by atomic mass is 16.5. The fraction of sp³-hybridized carbons (Fsp3) is 0.625. The second-order valence-corrected chi connectivity index (χ2v) is 5.88. The van der Waals surface area contributed by atoms with Crippen molar-refractivity contribution < 1.29 is 4.74 Å². The van der Waals surface area contributed by atoms with Crippen LogP contribution >= 0.6 is 0 Å². The molecule has 1 atom stereocenters. The number of nitrogens with one attached hydrogen (secondary N) is 1. The van der Waals surface area contributed by atoms with Crippen LogP contribution in [0.25, 0.3) is 0 Å². The molecule has 98 valence electrons. The minimum Gasteiger partial charge on any atom is -0.384 e. The van der Waals surface area contributed by atoms with Crippen molar-refractivity contribution in [3.05, 3.63) is 35.4 Å². The summed E-state index contributed by atoms with van der Waals surface area (Å²) in [6, 6.07) is 9.70. The average molecular weight is 245 g/mol. The molecular weight excluding hydrogens is 222 g/mol. The summed E-state index contributed by atoms with van der Waals surface area (Å²) in [6.45, 7) is 1.91. The summed E-state index contributed by atoms with van der Waals surface area (Å²) in [6.07, 6.45) is 6.46. The van der Waals surface area contributed by atoms with Gasteiger partial charge in [-0.1, -0.05) is 24.3 Å². The minimum absolute atomic E-state index is 0.201. The normalized spacial score (nSPS) is 26.9. The van der Waals surface area contributed by atoms with Crippen molar-refractivity contribution in [1.29, 1.82) is 0 Å². The van der Waals surface area contributed by atoms with E-state index in [4.69, 9.17) is 4.74 Å². The van der Waals surface area contributed by atoms with E-state index in [9.17, 15) is 0 Å². The lowest BCUT2D eigenvalue weighted by Crippen LogP contribution is -2.45. The molecule has 0 heterocycles. The molecular formula is C16H23NO. The van der Waals surface area contributed by atoms with Crippen molar-refractivity contribution in [1.82, 2.24) is 5.32 Å². The lowest BCUT2D eigenvalue weighted by molar-refractivity contribution is 0.116. The van der Waals surface area contributed by atoms with Crippen molar-refractivity contribution >= 4 is 0 Å². The molecule has 2 nitrogen and oxygen atoms in total. The number of fused-ring (bicyclic) bond motifs is 1. The van der Waals surface area contributed by atoms with Crippen LogP contribution < -0.4 is 5.32 Å². The summed E-state index contributed by atoms with van der Waals surface area (Å²) in [7, 11) is 1.83. The van der Waals surface area contributed by atoms with Crippen molar-refractivity contribution in [3.8, 4) is 0 Å². The van der Waals surface area contributed by atoms with E-state index in [0.29, 0.717) is 0 Å². The molecule has 2 heteroatoms. The van der Waals surface area contributed by atoms with Gasteiger partial charge in [0.05, 0.1) is 6.61 Å². The molecule has 2 aliphatic rings. The highest BCUT2D eigenvalue weighted by molar-refractivity contribution is 5.37. The van der Waals surface area contributed by atoms with E-state index >= 15 is 0 Å². The quantitative estimate of drug-likeness (QED) is 0.861. The predicted octanol–water partition coefficient (Wildman–Crippen LogP) is 2.66. The van der Waals surface area contributed by atoms with Gasteiger partial charge in [0, 0.05) is 25.1 Å². The van der Waals surface area contributed by atoms with Gasteiger partial charge in [0.1, 0.15) is 0 Å². The van der Waals surface area contributed by atoms with Gasteiger partial charge in [0.15, 0.2) is 0 Å². The van der Waals surface area contributed by atoms with Crippen LogP contribution in [0.15, 0.2) is 24.3 Å². The average Bonchev–Trinajstić information content (AvgIpc) is 3.21. The zero-order chi connectivity index (χ0) is 12.4. The maximum atomic E-state index is 5.55. The van der Waals surface area contributed by atoms with Crippen LogP contribution in [0.4, 0.5) is 0 Å². The zero-order valence-electron chi connectivity index (χ0n) is 11.2. The van der Waals surface area contributed by atoms with E-state index in [-0.39, 0.29) is 5.41 Å². The van der Waals surface area contributed by atoms with E-state index in [2.05, 4.69) is 29.6 Å². The Labute approximate surface area is 110 Å². The van der Waals surface area contributed by atoms with Crippen LogP contribution in [0.5, 0.6) is 0 Å². The number of rotatable bonds is 5. The van der Waals surface area contributed by atoms with Crippen molar-refractivity contribution in [2.75, 3.05) is 20.3 Å². The fourth-order valence-corrected chi connectivity index (χ4v) is 3.30. The number of methoxy groups -OCH3 is 1. The van der Waals surface area contributed by atoms with Crippen LogP contribution in [0, 0.1) is 0 Å². The van der Waals surface area contributed by atoms with E-state index in [0.717, 1.165) is 19.2 Å². The van der Waals surface area contributed by atoms with Gasteiger partial charge < -0.3 is 10.1 Å². The first kappa shape index (κ1) is 12.2. The monoisotopic (exact) mass is 245 g/mol. The maximum absolute atomic E-state index is 5.55. The molecule has 0 bridgehead atoms. The molecule has 1 N–H and O–H groups in total. The summed E-state index contributed by atoms with van der Waals surface area (Å²) in [5.74, 6) is 0. The van der Waals surface area contributed by atoms with E-state index in [1.807, 2.05) is 7.11 Å². The topological polar surface area (TPSA) is 21.3 Å². The highest BCUT2D eigenvalue weighted by Crippen LogP contribution is 2.38. The Hall–Kier alpha value is -0.860. The van der Waals surface area contributed by atoms with Gasteiger partial charge >= 0.3 is 0 Å². The van der Waals surface area contributed by atoms with Gasteiger partial charge in [-0.15, -0.1) is 0 Å². The van der Waals surface area contributed by atoms with Crippen molar-refractivity contribution in [2.24, 2.45) is 0 Å². The Morgan fingerprint density at radius 3 is 2.94 bits per heavy atom. The van der Waals surface area contributed by atoms with Crippen LogP contribution in [0.3, 0.4) is 0 Å². The van der Waals surface area contributed by atoms with Crippen LogP contribution in [0.2, 0.25) is 0 Å². The maximum Gasteiger partial charge on any atom is 0.0571 e. The van der Waals surface area contributed by atoms with Gasteiger partial charge in [0.25, 0.3) is 0 Å². The molecule has 1 unspecified atom stereocenters. The lowest BCUT2D eigenvalue weighted by Gasteiger charge is -2.39. The third-order valence-electron chi connectivity index (χ3n) is 4.42. The molecule has 1 fully saturated rings. The summed E-state index contributed by atoms with van der Waals surface area (Å²) >= 11 is 0. The first-order valence-corrected chi connectivity index (χ1v) is 7.15. The second-order valence-electron chi connectivity index (χ2n) is 5.88. The number of hydrogen-bond donors (Lipinski definition) is 1. The van der Waals surface area contributed by atoms with Crippen molar-refractivity contribution in [3.63, 3.8) is 0 Å². The Balaban J connectivity index is 1.87. The largest absolute Gasteiger partial charge is 0.384 e. The van der Waals surface area contributed by atoms with Crippen LogP contribution in [0.1, 0.15) is 36.8 Å². The predicted molar refractivity (Wildman–Crippen MR) is 74.0 cm³/mol. The summed E-state index contributed by atoms with van der Waals surface area (Å²) < 4.78 is 5.55. The molecule has 18 heavy (non-hydrogen) atoms. The molecule has 0 spiro atoms. The molecule has 0 saturated heterocycles. The Morgan fingerprint density at radius 2 is 2.17 bits per heavy atom. The van der Waals surface area contributed by atoms with Gasteiger partial charge in [0.2, 0.25) is 0 Å². The van der Waals surface area contributed by atoms with E-state index in [1.54, 1.807) is 0 Å². The molecule has 3 rings (SSSR count). The lowest BCUT2D eigenvalue weighted by atomic mass is 9.70. The molecule has 1 saturated carbocycles. The SMILES string of the molecule is COCC1(CNC2CC2)CCCc2ccccc21. The summed E-state index contributed by atoms with van der Waals surface area (Å²) in [4.78, 5) is 0.